The van der Waals surface area contributed by atoms with E-state index in [0.717, 1.165) is 11.2 Å². The molecule has 0 aliphatic carbocycles. The highest BCUT2D eigenvalue weighted by molar-refractivity contribution is 7.91. The van der Waals surface area contributed by atoms with Gasteiger partial charge < -0.3 is 4.40 Å². The maximum absolute atomic E-state index is 12.8. The van der Waals surface area contributed by atoms with E-state index in [4.69, 9.17) is 11.6 Å². The molecular weight excluding hydrogens is 408 g/mol. The SMILES string of the molecule is O=C(CCc1ccc2nccn2c1)c1ccc(S(=O)(=O)c2ccccc2Cl)cc1. The Balaban J connectivity index is 1.48. The fourth-order valence-corrected chi connectivity index (χ4v) is 4.90. The Bertz CT molecular complexity index is 1300. The lowest BCUT2D eigenvalue weighted by Gasteiger charge is -2.08. The summed E-state index contributed by atoms with van der Waals surface area (Å²) in [6.07, 6.45) is 6.46. The Morgan fingerprint density at radius 2 is 1.76 bits per heavy atom. The number of hydrogen-bond donors (Lipinski definition) is 0. The summed E-state index contributed by atoms with van der Waals surface area (Å²) in [7, 11) is -3.73. The number of carbonyl (C=O) groups excluding carboxylic acids is 1. The molecule has 0 spiro atoms. The number of ketones is 1. The molecule has 0 atom stereocenters. The van der Waals surface area contributed by atoms with Crippen molar-refractivity contribution < 1.29 is 13.2 Å². The smallest absolute Gasteiger partial charge is 0.208 e. The van der Waals surface area contributed by atoms with Crippen LogP contribution in [0.15, 0.2) is 89.0 Å². The van der Waals surface area contributed by atoms with Gasteiger partial charge >= 0.3 is 0 Å². The number of benzene rings is 2. The van der Waals surface area contributed by atoms with Crippen LogP contribution in [0.3, 0.4) is 0 Å². The van der Waals surface area contributed by atoms with Crippen LogP contribution in [0.25, 0.3) is 5.65 Å². The van der Waals surface area contributed by atoms with Crippen LogP contribution in [0.1, 0.15) is 22.3 Å². The van der Waals surface area contributed by atoms with Crippen molar-refractivity contribution in [3.63, 3.8) is 0 Å². The van der Waals surface area contributed by atoms with Crippen molar-refractivity contribution in [2.45, 2.75) is 22.6 Å². The van der Waals surface area contributed by atoms with Crippen LogP contribution in [0.2, 0.25) is 5.02 Å². The third kappa shape index (κ3) is 3.95. The number of aromatic nitrogens is 2. The Kier molecular flexibility index (Phi) is 5.22. The summed E-state index contributed by atoms with van der Waals surface area (Å²) in [6, 6.07) is 16.2. The molecule has 4 aromatic rings. The van der Waals surface area contributed by atoms with Crippen molar-refractivity contribution in [2.24, 2.45) is 0 Å². The van der Waals surface area contributed by atoms with Gasteiger partial charge in [0.05, 0.1) is 14.8 Å². The molecule has 0 saturated heterocycles. The lowest BCUT2D eigenvalue weighted by atomic mass is 10.0. The van der Waals surface area contributed by atoms with Crippen molar-refractivity contribution in [3.05, 3.63) is 95.4 Å². The van der Waals surface area contributed by atoms with Gasteiger partial charge in [0.15, 0.2) is 5.78 Å². The molecule has 0 saturated carbocycles. The van der Waals surface area contributed by atoms with Gasteiger partial charge in [0.1, 0.15) is 5.65 Å². The molecular formula is C22H17ClN2O3S. The second-order valence-electron chi connectivity index (χ2n) is 6.61. The maximum Gasteiger partial charge on any atom is 0.208 e. The molecule has 0 unspecified atom stereocenters. The minimum Gasteiger partial charge on any atom is -0.307 e. The topological polar surface area (TPSA) is 68.5 Å². The van der Waals surface area contributed by atoms with Gasteiger partial charge in [-0.05, 0) is 42.3 Å². The van der Waals surface area contributed by atoms with Gasteiger partial charge in [-0.3, -0.25) is 4.79 Å². The Morgan fingerprint density at radius 1 is 1.00 bits per heavy atom. The molecule has 0 amide bonds. The Hall–Kier alpha value is -2.96. The zero-order valence-electron chi connectivity index (χ0n) is 15.3. The summed E-state index contributed by atoms with van der Waals surface area (Å²) < 4.78 is 27.4. The number of sulfone groups is 1. The normalized spacial score (nSPS) is 11.6. The zero-order chi connectivity index (χ0) is 20.4. The molecule has 29 heavy (non-hydrogen) atoms. The molecule has 2 aromatic carbocycles. The van der Waals surface area contributed by atoms with Gasteiger partial charge in [-0.15, -0.1) is 0 Å². The van der Waals surface area contributed by atoms with E-state index in [-0.39, 0.29) is 20.6 Å². The predicted octanol–water partition coefficient (Wildman–Crippen LogP) is 4.64. The van der Waals surface area contributed by atoms with Gasteiger partial charge in [-0.2, -0.15) is 0 Å². The lowest BCUT2D eigenvalue weighted by Crippen LogP contribution is -2.05. The quantitative estimate of drug-likeness (QED) is 0.423. The summed E-state index contributed by atoms with van der Waals surface area (Å²) >= 11 is 6.03. The minimum atomic E-state index is -3.73. The molecule has 0 bridgehead atoms. The fourth-order valence-electron chi connectivity index (χ4n) is 3.13. The third-order valence-electron chi connectivity index (χ3n) is 4.70. The standard InChI is InChI=1S/C22H17ClN2O3S/c23-19-3-1-2-4-21(19)29(27,28)18-9-7-17(8-10-18)20(26)11-5-16-6-12-22-24-13-14-25(22)15-16/h1-4,6-10,12-15H,5,11H2. The molecule has 146 valence electrons. The highest BCUT2D eigenvalue weighted by Crippen LogP contribution is 2.27. The fraction of sp³-hybridized carbons (Fsp3) is 0.0909. The summed E-state index contributed by atoms with van der Waals surface area (Å²) in [5.41, 5.74) is 2.36. The number of rotatable bonds is 6. The van der Waals surface area contributed by atoms with E-state index >= 15 is 0 Å². The number of imidazole rings is 1. The molecule has 0 radical (unpaired) electrons. The summed E-state index contributed by atoms with van der Waals surface area (Å²) in [5, 5.41) is 0.169. The van der Waals surface area contributed by atoms with Crippen LogP contribution in [0.5, 0.6) is 0 Å². The second-order valence-corrected chi connectivity index (χ2v) is 8.94. The minimum absolute atomic E-state index is 0.0441. The third-order valence-corrected chi connectivity index (χ3v) is 6.97. The number of aryl methyl sites for hydroxylation is 1. The summed E-state index contributed by atoms with van der Waals surface area (Å²) in [4.78, 5) is 16.9. The molecule has 5 nitrogen and oxygen atoms in total. The zero-order valence-corrected chi connectivity index (χ0v) is 16.9. The van der Waals surface area contributed by atoms with Crippen LogP contribution in [0, 0.1) is 0 Å². The van der Waals surface area contributed by atoms with Gasteiger partial charge in [-0.25, -0.2) is 13.4 Å². The molecule has 0 fully saturated rings. The molecule has 0 N–H and O–H groups in total. The maximum atomic E-state index is 12.8. The second kappa shape index (κ2) is 7.81. The molecule has 0 aliphatic rings. The van der Waals surface area contributed by atoms with Gasteiger partial charge in [0.2, 0.25) is 9.84 Å². The molecule has 0 aliphatic heterocycles. The monoisotopic (exact) mass is 424 g/mol. The van der Waals surface area contributed by atoms with E-state index in [2.05, 4.69) is 4.98 Å². The van der Waals surface area contributed by atoms with Crippen molar-refractivity contribution in [1.82, 2.24) is 9.38 Å². The van der Waals surface area contributed by atoms with E-state index in [0.29, 0.717) is 18.4 Å². The first kappa shape index (κ1) is 19.4. The van der Waals surface area contributed by atoms with Crippen LogP contribution in [0.4, 0.5) is 0 Å². The van der Waals surface area contributed by atoms with Gasteiger partial charge in [-0.1, -0.05) is 41.9 Å². The predicted molar refractivity (Wildman–Crippen MR) is 111 cm³/mol. The van der Waals surface area contributed by atoms with Crippen LogP contribution < -0.4 is 0 Å². The van der Waals surface area contributed by atoms with E-state index < -0.39 is 9.84 Å². The average Bonchev–Trinajstić information content (AvgIpc) is 3.20. The van der Waals surface area contributed by atoms with E-state index in [1.165, 1.54) is 24.3 Å². The van der Waals surface area contributed by atoms with Crippen molar-refractivity contribution in [1.29, 1.82) is 0 Å². The molecule has 7 heteroatoms. The van der Waals surface area contributed by atoms with Crippen molar-refractivity contribution >= 4 is 32.9 Å². The highest BCUT2D eigenvalue weighted by atomic mass is 35.5. The number of pyridine rings is 1. The molecule has 4 rings (SSSR count). The first-order valence-electron chi connectivity index (χ1n) is 9.00. The van der Waals surface area contributed by atoms with Crippen LogP contribution in [-0.2, 0) is 16.3 Å². The van der Waals surface area contributed by atoms with Gasteiger partial charge in [0, 0.05) is 30.6 Å². The molecule has 2 aromatic heterocycles. The first-order valence-corrected chi connectivity index (χ1v) is 10.9. The largest absolute Gasteiger partial charge is 0.307 e. The number of nitrogens with zero attached hydrogens (tertiary/aromatic N) is 2. The van der Waals surface area contributed by atoms with Gasteiger partial charge in [0.25, 0.3) is 0 Å². The first-order chi connectivity index (χ1) is 13.9. The number of carbonyl (C=O) groups is 1. The van der Waals surface area contributed by atoms with Crippen LogP contribution >= 0.6 is 11.6 Å². The Labute approximate surface area is 173 Å². The van der Waals surface area contributed by atoms with E-state index in [1.807, 2.05) is 28.9 Å². The van der Waals surface area contributed by atoms with Crippen molar-refractivity contribution in [3.8, 4) is 0 Å². The average molecular weight is 425 g/mol. The summed E-state index contributed by atoms with van der Waals surface area (Å²) in [6.45, 7) is 0. The molecule has 2 heterocycles. The Morgan fingerprint density at radius 3 is 2.52 bits per heavy atom. The number of halogens is 1. The van der Waals surface area contributed by atoms with E-state index in [1.54, 1.807) is 30.5 Å². The number of Topliss-reactive ketones (excluding diaryl/α,β-unsaturated/α-hetero) is 1. The van der Waals surface area contributed by atoms with E-state index in [9.17, 15) is 13.2 Å². The summed E-state index contributed by atoms with van der Waals surface area (Å²) in [5.74, 6) is -0.0441. The van der Waals surface area contributed by atoms with Crippen LogP contribution in [-0.4, -0.2) is 23.6 Å². The lowest BCUT2D eigenvalue weighted by molar-refractivity contribution is 0.0982. The number of fused-ring (bicyclic) bond motifs is 1. The number of hydrogen-bond acceptors (Lipinski definition) is 4. The van der Waals surface area contributed by atoms with Crippen molar-refractivity contribution in [2.75, 3.05) is 0 Å². The highest BCUT2D eigenvalue weighted by Gasteiger charge is 2.20.